The quantitative estimate of drug-likeness (QED) is 0.819. The van der Waals surface area contributed by atoms with Gasteiger partial charge in [0, 0.05) is 25.3 Å². The van der Waals surface area contributed by atoms with Crippen LogP contribution in [0.15, 0.2) is 6.07 Å². The van der Waals surface area contributed by atoms with Crippen molar-refractivity contribution in [1.82, 2.24) is 15.1 Å². The summed E-state index contributed by atoms with van der Waals surface area (Å²) in [5.41, 5.74) is 7.49. The highest BCUT2D eigenvalue weighted by Crippen LogP contribution is 2.31. The lowest BCUT2D eigenvalue weighted by Gasteiger charge is -2.10. The van der Waals surface area contributed by atoms with Crippen LogP contribution in [0.4, 0.5) is 0 Å². The standard InChI is InChI=1S/C13H22N4O/c1-8(2)12-6-11(16-17(12)3)13(18)15-7-10(14)9-4-5-9/h6,8-10H,4-5,7,14H2,1-3H3,(H,15,18). The Morgan fingerprint density at radius 2 is 2.28 bits per heavy atom. The van der Waals surface area contributed by atoms with Crippen LogP contribution >= 0.6 is 0 Å². The smallest absolute Gasteiger partial charge is 0.271 e. The number of hydrogen-bond acceptors (Lipinski definition) is 3. The lowest BCUT2D eigenvalue weighted by molar-refractivity contribution is 0.0944. The predicted molar refractivity (Wildman–Crippen MR) is 70.3 cm³/mol. The minimum absolute atomic E-state index is 0.0854. The van der Waals surface area contributed by atoms with Crippen molar-refractivity contribution in [2.24, 2.45) is 18.7 Å². The van der Waals surface area contributed by atoms with Gasteiger partial charge >= 0.3 is 0 Å². The first-order valence-corrected chi connectivity index (χ1v) is 6.56. The number of carbonyl (C=O) groups is 1. The molecule has 1 saturated carbocycles. The molecule has 5 heteroatoms. The highest BCUT2D eigenvalue weighted by Gasteiger charge is 2.28. The number of aromatic nitrogens is 2. The van der Waals surface area contributed by atoms with Gasteiger partial charge in [0.25, 0.3) is 5.91 Å². The van der Waals surface area contributed by atoms with E-state index in [9.17, 15) is 4.79 Å². The highest BCUT2D eigenvalue weighted by atomic mass is 16.1. The summed E-state index contributed by atoms with van der Waals surface area (Å²) in [4.78, 5) is 11.9. The molecule has 1 aliphatic rings. The fourth-order valence-corrected chi connectivity index (χ4v) is 2.13. The fourth-order valence-electron chi connectivity index (χ4n) is 2.13. The molecule has 1 aromatic heterocycles. The molecule has 1 fully saturated rings. The molecule has 1 aliphatic carbocycles. The Hall–Kier alpha value is -1.36. The number of hydrogen-bond donors (Lipinski definition) is 2. The summed E-state index contributed by atoms with van der Waals surface area (Å²) >= 11 is 0. The molecule has 0 bridgehead atoms. The topological polar surface area (TPSA) is 72.9 Å². The van der Waals surface area contributed by atoms with E-state index in [-0.39, 0.29) is 11.9 Å². The molecule has 1 heterocycles. The molecule has 1 atom stereocenters. The van der Waals surface area contributed by atoms with Gasteiger partial charge < -0.3 is 11.1 Å². The molecule has 0 radical (unpaired) electrons. The van der Waals surface area contributed by atoms with E-state index in [1.165, 1.54) is 12.8 Å². The number of carbonyl (C=O) groups excluding carboxylic acids is 1. The van der Waals surface area contributed by atoms with E-state index < -0.39 is 0 Å². The summed E-state index contributed by atoms with van der Waals surface area (Å²) in [5, 5.41) is 7.09. The van der Waals surface area contributed by atoms with Crippen LogP contribution in [0.25, 0.3) is 0 Å². The van der Waals surface area contributed by atoms with Gasteiger partial charge in [-0.3, -0.25) is 9.48 Å². The number of nitrogens with zero attached hydrogens (tertiary/aromatic N) is 2. The zero-order valence-corrected chi connectivity index (χ0v) is 11.3. The third kappa shape index (κ3) is 2.90. The van der Waals surface area contributed by atoms with E-state index in [0.29, 0.717) is 24.1 Å². The molecule has 1 unspecified atom stereocenters. The van der Waals surface area contributed by atoms with Crippen LogP contribution in [-0.2, 0) is 7.05 Å². The van der Waals surface area contributed by atoms with Crippen LogP contribution in [0.1, 0.15) is 48.8 Å². The number of nitrogens with one attached hydrogen (secondary N) is 1. The summed E-state index contributed by atoms with van der Waals surface area (Å²) < 4.78 is 1.76. The fraction of sp³-hybridized carbons (Fsp3) is 0.692. The summed E-state index contributed by atoms with van der Waals surface area (Å²) in [6.07, 6.45) is 2.39. The maximum Gasteiger partial charge on any atom is 0.271 e. The van der Waals surface area contributed by atoms with Crippen LogP contribution in [0.3, 0.4) is 0 Å². The van der Waals surface area contributed by atoms with E-state index in [1.807, 2.05) is 13.1 Å². The van der Waals surface area contributed by atoms with E-state index >= 15 is 0 Å². The second kappa shape index (κ2) is 5.10. The monoisotopic (exact) mass is 250 g/mol. The Labute approximate surface area is 108 Å². The van der Waals surface area contributed by atoms with Crippen molar-refractivity contribution in [2.75, 3.05) is 6.54 Å². The van der Waals surface area contributed by atoms with Gasteiger partial charge in [-0.05, 0) is 30.7 Å². The summed E-state index contributed by atoms with van der Waals surface area (Å²) in [6, 6.07) is 1.94. The number of rotatable bonds is 5. The second-order valence-electron chi connectivity index (χ2n) is 5.44. The van der Waals surface area contributed by atoms with Crippen molar-refractivity contribution in [1.29, 1.82) is 0 Å². The Bertz CT molecular complexity index is 434. The number of aryl methyl sites for hydroxylation is 1. The summed E-state index contributed by atoms with van der Waals surface area (Å²) in [7, 11) is 1.86. The summed E-state index contributed by atoms with van der Waals surface area (Å²) in [6.45, 7) is 4.71. The van der Waals surface area contributed by atoms with Crippen molar-refractivity contribution >= 4 is 5.91 Å². The zero-order chi connectivity index (χ0) is 13.3. The van der Waals surface area contributed by atoms with Crippen LogP contribution in [0.5, 0.6) is 0 Å². The minimum Gasteiger partial charge on any atom is -0.349 e. The van der Waals surface area contributed by atoms with Crippen molar-refractivity contribution in [2.45, 2.75) is 38.6 Å². The van der Waals surface area contributed by atoms with Gasteiger partial charge in [-0.25, -0.2) is 0 Å². The van der Waals surface area contributed by atoms with Gasteiger partial charge in [0.2, 0.25) is 0 Å². The van der Waals surface area contributed by atoms with Crippen LogP contribution in [-0.4, -0.2) is 28.3 Å². The molecule has 0 saturated heterocycles. The van der Waals surface area contributed by atoms with Crippen molar-refractivity contribution in [3.63, 3.8) is 0 Å². The molecule has 100 valence electrons. The second-order valence-corrected chi connectivity index (χ2v) is 5.44. The molecule has 5 nitrogen and oxygen atoms in total. The molecular formula is C13H22N4O. The lowest BCUT2D eigenvalue weighted by atomic mass is 10.1. The normalized spacial score (nSPS) is 16.9. The number of amides is 1. The largest absolute Gasteiger partial charge is 0.349 e. The van der Waals surface area contributed by atoms with Gasteiger partial charge in [-0.1, -0.05) is 13.8 Å². The van der Waals surface area contributed by atoms with Crippen molar-refractivity contribution < 1.29 is 4.79 Å². The molecule has 3 N–H and O–H groups in total. The SMILES string of the molecule is CC(C)c1cc(C(=O)NCC(N)C2CC2)nn1C. The minimum atomic E-state index is -0.131. The maximum absolute atomic E-state index is 11.9. The van der Waals surface area contributed by atoms with E-state index in [2.05, 4.69) is 24.3 Å². The Kier molecular flexibility index (Phi) is 3.71. The van der Waals surface area contributed by atoms with Crippen LogP contribution in [0, 0.1) is 5.92 Å². The predicted octanol–water partition coefficient (Wildman–Crippen LogP) is 1.01. The highest BCUT2D eigenvalue weighted by molar-refractivity contribution is 5.92. The molecule has 2 rings (SSSR count). The molecule has 1 amide bonds. The van der Waals surface area contributed by atoms with Gasteiger partial charge in [0.15, 0.2) is 0 Å². The van der Waals surface area contributed by atoms with E-state index in [1.54, 1.807) is 4.68 Å². The van der Waals surface area contributed by atoms with Crippen LogP contribution < -0.4 is 11.1 Å². The Balaban J connectivity index is 1.93. The molecular weight excluding hydrogens is 228 g/mol. The molecule has 0 aliphatic heterocycles. The average Bonchev–Trinajstić information content (AvgIpc) is 3.08. The van der Waals surface area contributed by atoms with E-state index in [0.717, 1.165) is 5.69 Å². The van der Waals surface area contributed by atoms with Gasteiger partial charge in [-0.2, -0.15) is 5.10 Å². The molecule has 18 heavy (non-hydrogen) atoms. The maximum atomic E-state index is 11.9. The van der Waals surface area contributed by atoms with Crippen molar-refractivity contribution in [3.05, 3.63) is 17.5 Å². The first-order valence-electron chi connectivity index (χ1n) is 6.56. The van der Waals surface area contributed by atoms with Gasteiger partial charge in [0.1, 0.15) is 5.69 Å². The summed E-state index contributed by atoms with van der Waals surface area (Å²) in [5.74, 6) is 0.826. The third-order valence-electron chi connectivity index (χ3n) is 3.47. The Morgan fingerprint density at radius 1 is 1.61 bits per heavy atom. The third-order valence-corrected chi connectivity index (χ3v) is 3.47. The van der Waals surface area contributed by atoms with E-state index in [4.69, 9.17) is 5.73 Å². The van der Waals surface area contributed by atoms with Crippen molar-refractivity contribution in [3.8, 4) is 0 Å². The van der Waals surface area contributed by atoms with Gasteiger partial charge in [0.05, 0.1) is 0 Å². The number of nitrogens with two attached hydrogens (primary N) is 1. The molecule has 0 aromatic carbocycles. The van der Waals surface area contributed by atoms with Crippen LogP contribution in [0.2, 0.25) is 0 Å². The zero-order valence-electron chi connectivity index (χ0n) is 11.3. The lowest BCUT2D eigenvalue weighted by Crippen LogP contribution is -2.38. The van der Waals surface area contributed by atoms with Gasteiger partial charge in [-0.15, -0.1) is 0 Å². The Morgan fingerprint density at radius 3 is 2.78 bits per heavy atom. The first kappa shape index (κ1) is 13.1. The molecule has 0 spiro atoms. The average molecular weight is 250 g/mol. The molecule has 1 aromatic rings. The first-order chi connectivity index (χ1) is 8.49.